The van der Waals surface area contributed by atoms with Crippen LogP contribution in [0.4, 0.5) is 18.9 Å². The van der Waals surface area contributed by atoms with Gasteiger partial charge in [0.15, 0.2) is 11.3 Å². The summed E-state index contributed by atoms with van der Waals surface area (Å²) in [6, 6.07) is 8.14. The summed E-state index contributed by atoms with van der Waals surface area (Å²) in [7, 11) is 2.85. The first-order valence-electron chi connectivity index (χ1n) is 8.96. The van der Waals surface area contributed by atoms with Crippen LogP contribution in [0.1, 0.15) is 11.1 Å². The standard InChI is InChI=1S/C21H18F3NO6/c1-11-14-7-8-16(28-2)19(29-3)18(14)30-20(27)15(11)10-17(26)25-12-5-4-6-13(9-12)31-21(22,23)24/h4-9H,10H2,1-3H3,(H,25,26). The van der Waals surface area contributed by atoms with E-state index in [0.29, 0.717) is 16.7 Å². The zero-order chi connectivity index (χ0) is 22.8. The second kappa shape index (κ2) is 8.58. The molecule has 2 aromatic carbocycles. The van der Waals surface area contributed by atoms with Gasteiger partial charge in [0.2, 0.25) is 11.7 Å². The Labute approximate surface area is 174 Å². The summed E-state index contributed by atoms with van der Waals surface area (Å²) in [4.78, 5) is 25.0. The highest BCUT2D eigenvalue weighted by atomic mass is 19.4. The minimum absolute atomic E-state index is 0.0842. The van der Waals surface area contributed by atoms with Gasteiger partial charge in [0.25, 0.3) is 0 Å². The van der Waals surface area contributed by atoms with Crippen molar-refractivity contribution >= 4 is 22.6 Å². The van der Waals surface area contributed by atoms with Crippen LogP contribution >= 0.6 is 0 Å². The zero-order valence-electron chi connectivity index (χ0n) is 16.8. The quantitative estimate of drug-likeness (QED) is 0.582. The third kappa shape index (κ3) is 4.90. The molecule has 1 heterocycles. The maximum Gasteiger partial charge on any atom is 0.573 e. The first-order valence-corrected chi connectivity index (χ1v) is 8.96. The van der Waals surface area contributed by atoms with Crippen LogP contribution in [0, 0.1) is 6.92 Å². The van der Waals surface area contributed by atoms with E-state index < -0.39 is 23.6 Å². The van der Waals surface area contributed by atoms with Crippen molar-refractivity contribution < 1.29 is 36.6 Å². The van der Waals surface area contributed by atoms with Crippen molar-refractivity contribution in [2.45, 2.75) is 19.7 Å². The van der Waals surface area contributed by atoms with Gasteiger partial charge in [0.1, 0.15) is 5.75 Å². The number of carbonyl (C=O) groups excluding carboxylic acids is 1. The van der Waals surface area contributed by atoms with E-state index in [-0.39, 0.29) is 29.0 Å². The summed E-state index contributed by atoms with van der Waals surface area (Å²) in [6.07, 6.45) is -5.20. The number of ether oxygens (including phenoxy) is 3. The topological polar surface area (TPSA) is 87.0 Å². The molecule has 7 nitrogen and oxygen atoms in total. The molecule has 1 N–H and O–H groups in total. The molecule has 1 aromatic heterocycles. The number of amides is 1. The number of alkyl halides is 3. The average Bonchev–Trinajstić information content (AvgIpc) is 2.69. The molecule has 0 fully saturated rings. The van der Waals surface area contributed by atoms with Gasteiger partial charge >= 0.3 is 12.0 Å². The van der Waals surface area contributed by atoms with Gasteiger partial charge < -0.3 is 23.9 Å². The van der Waals surface area contributed by atoms with E-state index in [4.69, 9.17) is 13.9 Å². The molecule has 1 amide bonds. The lowest BCUT2D eigenvalue weighted by atomic mass is 10.0. The molecule has 0 radical (unpaired) electrons. The van der Waals surface area contributed by atoms with Gasteiger partial charge in [-0.25, -0.2) is 4.79 Å². The van der Waals surface area contributed by atoms with Crippen molar-refractivity contribution in [1.82, 2.24) is 0 Å². The molecule has 0 aliphatic rings. The number of aryl methyl sites for hydroxylation is 1. The van der Waals surface area contributed by atoms with Crippen LogP contribution in [-0.2, 0) is 11.2 Å². The summed E-state index contributed by atoms with van der Waals surface area (Å²) in [5, 5.41) is 3.00. The molecule has 0 atom stereocenters. The third-order valence-electron chi connectivity index (χ3n) is 4.49. The van der Waals surface area contributed by atoms with E-state index >= 15 is 0 Å². The van der Waals surface area contributed by atoms with Crippen LogP contribution in [0.3, 0.4) is 0 Å². The van der Waals surface area contributed by atoms with Crippen molar-refractivity contribution in [3.05, 3.63) is 57.9 Å². The van der Waals surface area contributed by atoms with Crippen LogP contribution in [0.25, 0.3) is 11.0 Å². The number of methoxy groups -OCH3 is 2. The molecule has 0 aliphatic heterocycles. The van der Waals surface area contributed by atoms with Crippen LogP contribution in [-0.4, -0.2) is 26.5 Å². The lowest BCUT2D eigenvalue weighted by Crippen LogP contribution is -2.21. The van der Waals surface area contributed by atoms with Gasteiger partial charge in [-0.05, 0) is 36.8 Å². The zero-order valence-corrected chi connectivity index (χ0v) is 16.8. The first kappa shape index (κ1) is 22.0. The number of benzene rings is 2. The Morgan fingerprint density at radius 3 is 2.52 bits per heavy atom. The third-order valence-corrected chi connectivity index (χ3v) is 4.49. The van der Waals surface area contributed by atoms with E-state index in [1.165, 1.54) is 26.4 Å². The molecule has 164 valence electrons. The van der Waals surface area contributed by atoms with E-state index in [1.54, 1.807) is 19.1 Å². The maximum absolute atomic E-state index is 12.5. The molecule has 0 saturated heterocycles. The molecule has 0 aliphatic carbocycles. The Kier molecular flexibility index (Phi) is 6.09. The predicted molar refractivity (Wildman–Crippen MR) is 106 cm³/mol. The summed E-state index contributed by atoms with van der Waals surface area (Å²) in [6.45, 7) is 1.66. The SMILES string of the molecule is COc1ccc2c(C)c(CC(=O)Nc3cccc(OC(F)(F)F)c3)c(=O)oc2c1OC. The number of carbonyl (C=O) groups is 1. The monoisotopic (exact) mass is 437 g/mol. The van der Waals surface area contributed by atoms with Crippen LogP contribution in [0.2, 0.25) is 0 Å². The Morgan fingerprint density at radius 1 is 1.13 bits per heavy atom. The smallest absolute Gasteiger partial charge is 0.493 e. The molecule has 3 aromatic rings. The molecule has 10 heteroatoms. The lowest BCUT2D eigenvalue weighted by Gasteiger charge is -2.13. The van der Waals surface area contributed by atoms with Crippen molar-refractivity contribution in [2.24, 2.45) is 0 Å². The highest BCUT2D eigenvalue weighted by Crippen LogP contribution is 2.36. The van der Waals surface area contributed by atoms with Crippen molar-refractivity contribution in [1.29, 1.82) is 0 Å². The first-order chi connectivity index (χ1) is 14.6. The minimum Gasteiger partial charge on any atom is -0.493 e. The van der Waals surface area contributed by atoms with Gasteiger partial charge in [-0.15, -0.1) is 13.2 Å². The number of fused-ring (bicyclic) bond motifs is 1. The number of hydrogen-bond acceptors (Lipinski definition) is 6. The van der Waals surface area contributed by atoms with Crippen molar-refractivity contribution in [2.75, 3.05) is 19.5 Å². The van der Waals surface area contributed by atoms with Crippen LogP contribution < -0.4 is 25.2 Å². The number of nitrogens with one attached hydrogen (secondary N) is 1. The number of rotatable bonds is 6. The Balaban J connectivity index is 1.88. The van der Waals surface area contributed by atoms with E-state index in [1.807, 2.05) is 0 Å². The number of hydrogen-bond donors (Lipinski definition) is 1. The van der Waals surface area contributed by atoms with Crippen LogP contribution in [0.15, 0.2) is 45.6 Å². The van der Waals surface area contributed by atoms with E-state index in [9.17, 15) is 22.8 Å². The molecule has 0 unspecified atom stereocenters. The normalized spacial score (nSPS) is 11.3. The second-order valence-electron chi connectivity index (χ2n) is 6.47. The number of anilines is 1. The Hall–Kier alpha value is -3.69. The maximum atomic E-state index is 12.5. The Bertz CT molecular complexity index is 1190. The highest BCUT2D eigenvalue weighted by Gasteiger charge is 2.31. The molecule has 3 rings (SSSR count). The van der Waals surface area contributed by atoms with E-state index in [0.717, 1.165) is 12.1 Å². The van der Waals surface area contributed by atoms with Crippen LogP contribution in [0.5, 0.6) is 17.2 Å². The summed E-state index contributed by atoms with van der Waals surface area (Å²) >= 11 is 0. The van der Waals surface area contributed by atoms with E-state index in [2.05, 4.69) is 10.1 Å². The summed E-state index contributed by atoms with van der Waals surface area (Å²) in [5.41, 5.74) is 0.156. The summed E-state index contributed by atoms with van der Waals surface area (Å²) in [5.74, 6) is -0.464. The molecular weight excluding hydrogens is 419 g/mol. The molecule has 0 spiro atoms. The van der Waals surface area contributed by atoms with Crippen molar-refractivity contribution in [3.8, 4) is 17.2 Å². The largest absolute Gasteiger partial charge is 0.573 e. The highest BCUT2D eigenvalue weighted by molar-refractivity contribution is 5.94. The van der Waals surface area contributed by atoms with Crippen molar-refractivity contribution in [3.63, 3.8) is 0 Å². The van der Waals surface area contributed by atoms with Gasteiger partial charge in [-0.2, -0.15) is 0 Å². The average molecular weight is 437 g/mol. The predicted octanol–water partition coefficient (Wildman–Crippen LogP) is 4.20. The molecule has 0 saturated carbocycles. The van der Waals surface area contributed by atoms with Gasteiger partial charge in [-0.1, -0.05) is 6.07 Å². The molecule has 31 heavy (non-hydrogen) atoms. The fraction of sp³-hybridized carbons (Fsp3) is 0.238. The lowest BCUT2D eigenvalue weighted by molar-refractivity contribution is -0.274. The molecule has 0 bridgehead atoms. The van der Waals surface area contributed by atoms with Gasteiger partial charge in [0, 0.05) is 17.1 Å². The van der Waals surface area contributed by atoms with Gasteiger partial charge in [0.05, 0.1) is 26.2 Å². The fourth-order valence-electron chi connectivity index (χ4n) is 3.11. The Morgan fingerprint density at radius 2 is 1.87 bits per heavy atom. The molecular formula is C21H18F3NO6. The minimum atomic E-state index is -4.85. The number of halogens is 3. The fourth-order valence-corrected chi connectivity index (χ4v) is 3.11. The second-order valence-corrected chi connectivity index (χ2v) is 6.47. The van der Waals surface area contributed by atoms with Gasteiger partial charge in [-0.3, -0.25) is 4.79 Å². The summed E-state index contributed by atoms with van der Waals surface area (Å²) < 4.78 is 56.8.